The lowest BCUT2D eigenvalue weighted by Crippen LogP contribution is -2.50. The largest absolute Gasteiger partial charge is 0.480 e. The number of aromatic nitrogens is 2. The van der Waals surface area contributed by atoms with Gasteiger partial charge in [0.05, 0.1) is 11.4 Å². The van der Waals surface area contributed by atoms with Crippen LogP contribution in [0, 0.1) is 0 Å². The quantitative estimate of drug-likeness (QED) is 0.858. The van der Waals surface area contributed by atoms with Gasteiger partial charge in [0.1, 0.15) is 5.54 Å². The molecule has 1 atom stereocenters. The van der Waals surface area contributed by atoms with E-state index in [2.05, 4.69) is 10.2 Å². The van der Waals surface area contributed by atoms with Gasteiger partial charge < -0.3 is 15.3 Å². The maximum atomic E-state index is 11.1. The molecule has 1 saturated heterocycles. The van der Waals surface area contributed by atoms with Crippen LogP contribution in [0.25, 0.3) is 10.8 Å². The molecule has 0 radical (unpaired) electrons. The summed E-state index contributed by atoms with van der Waals surface area (Å²) in [6.07, 6.45) is 0.425. The van der Waals surface area contributed by atoms with Gasteiger partial charge in [0, 0.05) is 13.1 Å². The summed E-state index contributed by atoms with van der Waals surface area (Å²) in [7, 11) is 0. The molecular weight excluding hydrogens is 280 g/mol. The summed E-state index contributed by atoms with van der Waals surface area (Å²) in [6.45, 7) is 1.32. The maximum absolute atomic E-state index is 11.1. The Morgan fingerprint density at radius 3 is 3.10 bits per heavy atom. The van der Waals surface area contributed by atoms with Crippen molar-refractivity contribution in [2.24, 2.45) is 5.73 Å². The Hall–Kier alpha value is -1.77. The summed E-state index contributed by atoms with van der Waals surface area (Å²) in [6, 6.07) is 3.83. The van der Waals surface area contributed by atoms with Crippen molar-refractivity contribution in [2.75, 3.05) is 13.1 Å². The first-order chi connectivity index (χ1) is 9.57. The van der Waals surface area contributed by atoms with E-state index in [-0.39, 0.29) is 0 Å². The van der Waals surface area contributed by atoms with Crippen molar-refractivity contribution in [2.45, 2.75) is 18.5 Å². The third-order valence-corrected chi connectivity index (χ3v) is 4.22. The third kappa shape index (κ3) is 2.45. The maximum Gasteiger partial charge on any atom is 0.325 e. The number of nitrogens with zero attached hydrogens (tertiary/aromatic N) is 3. The van der Waals surface area contributed by atoms with Crippen molar-refractivity contribution >= 4 is 17.3 Å². The number of hydrogen-bond donors (Lipinski definition) is 2. The Kier molecular flexibility index (Phi) is 3.28. The highest BCUT2D eigenvalue weighted by Gasteiger charge is 2.41. The zero-order valence-corrected chi connectivity index (χ0v) is 11.5. The number of thiophene rings is 1. The minimum absolute atomic E-state index is 0.291. The van der Waals surface area contributed by atoms with Crippen molar-refractivity contribution < 1.29 is 14.3 Å². The second kappa shape index (κ2) is 4.97. The SMILES string of the molecule is NC1(C(=O)O)CCN(Cc2nnc(-c3cccs3)o2)C1. The molecule has 1 unspecified atom stereocenters. The van der Waals surface area contributed by atoms with Gasteiger partial charge in [0.2, 0.25) is 5.89 Å². The number of hydrogen-bond acceptors (Lipinski definition) is 7. The summed E-state index contributed by atoms with van der Waals surface area (Å²) >= 11 is 1.53. The van der Waals surface area contributed by atoms with E-state index < -0.39 is 11.5 Å². The van der Waals surface area contributed by atoms with Gasteiger partial charge in [-0.2, -0.15) is 0 Å². The Bertz CT molecular complexity index is 612. The standard InChI is InChI=1S/C12H14N4O3S/c13-12(11(17)18)3-4-16(7-12)6-9-14-15-10(19-9)8-2-1-5-20-8/h1-2,5H,3-4,6-7,13H2,(H,17,18). The zero-order chi connectivity index (χ0) is 14.2. The first-order valence-corrected chi connectivity index (χ1v) is 7.06. The summed E-state index contributed by atoms with van der Waals surface area (Å²) in [5.41, 5.74) is 4.65. The monoisotopic (exact) mass is 294 g/mol. The van der Waals surface area contributed by atoms with E-state index in [1.807, 2.05) is 22.4 Å². The molecule has 0 saturated carbocycles. The molecule has 1 aliphatic rings. The fourth-order valence-corrected chi connectivity index (χ4v) is 2.88. The van der Waals surface area contributed by atoms with E-state index in [1.54, 1.807) is 0 Å². The predicted octanol–water partition coefficient (Wildman–Crippen LogP) is 0.786. The van der Waals surface area contributed by atoms with Crippen LogP contribution in [0.2, 0.25) is 0 Å². The van der Waals surface area contributed by atoms with Crippen molar-refractivity contribution in [1.82, 2.24) is 15.1 Å². The summed E-state index contributed by atoms with van der Waals surface area (Å²) in [4.78, 5) is 13.9. The third-order valence-electron chi connectivity index (χ3n) is 3.36. The van der Waals surface area contributed by atoms with Crippen LogP contribution in [-0.2, 0) is 11.3 Å². The molecule has 1 aliphatic heterocycles. The van der Waals surface area contributed by atoms with Gasteiger partial charge >= 0.3 is 5.97 Å². The lowest BCUT2D eigenvalue weighted by Gasteiger charge is -2.18. The van der Waals surface area contributed by atoms with Gasteiger partial charge in [-0.3, -0.25) is 9.69 Å². The van der Waals surface area contributed by atoms with Crippen molar-refractivity contribution in [3.8, 4) is 10.8 Å². The first-order valence-electron chi connectivity index (χ1n) is 6.18. The van der Waals surface area contributed by atoms with E-state index in [9.17, 15) is 4.79 Å². The average molecular weight is 294 g/mol. The fraction of sp³-hybridized carbons (Fsp3) is 0.417. The second-order valence-electron chi connectivity index (χ2n) is 4.90. The highest BCUT2D eigenvalue weighted by Crippen LogP contribution is 2.25. The first kappa shape index (κ1) is 13.2. The van der Waals surface area contributed by atoms with Gasteiger partial charge in [0.25, 0.3) is 5.89 Å². The van der Waals surface area contributed by atoms with E-state index in [4.69, 9.17) is 15.3 Å². The number of likely N-dealkylation sites (tertiary alicyclic amines) is 1. The van der Waals surface area contributed by atoms with Crippen molar-refractivity contribution in [3.63, 3.8) is 0 Å². The summed E-state index contributed by atoms with van der Waals surface area (Å²) in [5, 5.41) is 19.0. The number of aliphatic carboxylic acids is 1. The molecule has 1 fully saturated rings. The van der Waals surface area contributed by atoms with Crippen molar-refractivity contribution in [3.05, 3.63) is 23.4 Å². The van der Waals surface area contributed by atoms with Crippen LogP contribution in [-0.4, -0.2) is 44.8 Å². The molecule has 3 rings (SSSR count). The number of rotatable bonds is 4. The molecule has 0 spiro atoms. The van der Waals surface area contributed by atoms with E-state index >= 15 is 0 Å². The molecule has 106 valence electrons. The molecule has 0 bridgehead atoms. The molecule has 3 heterocycles. The lowest BCUT2D eigenvalue weighted by atomic mass is 10.0. The highest BCUT2D eigenvalue weighted by molar-refractivity contribution is 7.13. The van der Waals surface area contributed by atoms with Crippen LogP contribution in [0.3, 0.4) is 0 Å². The number of carbonyl (C=O) groups is 1. The molecular formula is C12H14N4O3S. The molecule has 0 amide bonds. The number of carboxylic acids is 1. The predicted molar refractivity (Wildman–Crippen MR) is 72.1 cm³/mol. The van der Waals surface area contributed by atoms with Crippen LogP contribution in [0.15, 0.2) is 21.9 Å². The van der Waals surface area contributed by atoms with Crippen LogP contribution < -0.4 is 5.73 Å². The van der Waals surface area contributed by atoms with Gasteiger partial charge in [-0.25, -0.2) is 0 Å². The summed E-state index contributed by atoms with van der Waals surface area (Å²) < 4.78 is 5.58. The van der Waals surface area contributed by atoms with Crippen LogP contribution in [0.1, 0.15) is 12.3 Å². The smallest absolute Gasteiger partial charge is 0.325 e. The molecule has 0 aliphatic carbocycles. The average Bonchev–Trinajstić information content (AvgIpc) is 3.10. The normalized spacial score (nSPS) is 23.2. The molecule has 8 heteroatoms. The fourth-order valence-electron chi connectivity index (χ4n) is 2.23. The summed E-state index contributed by atoms with van der Waals surface area (Å²) in [5.74, 6) is -0.000661. The topological polar surface area (TPSA) is 105 Å². The molecule has 7 nitrogen and oxygen atoms in total. The minimum atomic E-state index is -1.17. The second-order valence-corrected chi connectivity index (χ2v) is 5.85. The molecule has 20 heavy (non-hydrogen) atoms. The van der Waals surface area contributed by atoms with Gasteiger partial charge in [0.15, 0.2) is 0 Å². The number of nitrogens with two attached hydrogens (primary N) is 1. The molecule has 2 aromatic heterocycles. The van der Waals surface area contributed by atoms with Crippen LogP contribution in [0.4, 0.5) is 0 Å². The van der Waals surface area contributed by atoms with Gasteiger partial charge in [-0.1, -0.05) is 6.07 Å². The van der Waals surface area contributed by atoms with Crippen molar-refractivity contribution in [1.29, 1.82) is 0 Å². The zero-order valence-electron chi connectivity index (χ0n) is 10.7. The van der Waals surface area contributed by atoms with Crippen LogP contribution >= 0.6 is 11.3 Å². The lowest BCUT2D eigenvalue weighted by molar-refractivity contribution is -0.142. The number of carboxylic acid groups (broad SMARTS) is 1. The van der Waals surface area contributed by atoms with E-state index in [1.165, 1.54) is 11.3 Å². The molecule has 2 aromatic rings. The Labute approximate surface area is 119 Å². The highest BCUT2D eigenvalue weighted by atomic mass is 32.1. The molecule has 3 N–H and O–H groups in total. The Morgan fingerprint density at radius 2 is 2.45 bits per heavy atom. The van der Waals surface area contributed by atoms with Crippen LogP contribution in [0.5, 0.6) is 0 Å². The molecule has 0 aromatic carbocycles. The van der Waals surface area contributed by atoms with Gasteiger partial charge in [-0.05, 0) is 17.9 Å². The van der Waals surface area contributed by atoms with E-state index in [0.717, 1.165) is 4.88 Å². The van der Waals surface area contributed by atoms with E-state index in [0.29, 0.717) is 37.8 Å². The Balaban J connectivity index is 1.66. The minimum Gasteiger partial charge on any atom is -0.480 e. The Morgan fingerprint density at radius 1 is 1.60 bits per heavy atom. The van der Waals surface area contributed by atoms with Gasteiger partial charge in [-0.15, -0.1) is 21.5 Å².